The molecule has 1 aliphatic rings. The van der Waals surface area contributed by atoms with Crippen LogP contribution in [-0.4, -0.2) is 50.7 Å². The number of hydrogen-bond acceptors (Lipinski definition) is 4. The van der Waals surface area contributed by atoms with Crippen molar-refractivity contribution in [2.45, 2.75) is 23.6 Å². The van der Waals surface area contributed by atoms with Crippen LogP contribution < -0.4 is 5.32 Å². The van der Waals surface area contributed by atoms with E-state index in [2.05, 4.69) is 5.32 Å². The van der Waals surface area contributed by atoms with Gasteiger partial charge in [-0.1, -0.05) is 0 Å². The number of carbonyl (C=O) groups is 1. The highest BCUT2D eigenvalue weighted by molar-refractivity contribution is 7.91. The minimum Gasteiger partial charge on any atom is -0.336 e. The molecule has 1 aromatic rings. The summed E-state index contributed by atoms with van der Waals surface area (Å²) in [5.41, 5.74) is 0.289. The number of halogens is 2. The summed E-state index contributed by atoms with van der Waals surface area (Å²) in [6.07, 6.45) is 0. The molecule has 1 aromatic carbocycles. The van der Waals surface area contributed by atoms with E-state index in [1.807, 2.05) is 6.92 Å². The molecule has 1 unspecified atom stereocenters. The number of benzene rings is 1. The maximum Gasteiger partial charge on any atom is 0.341 e. The molecule has 0 bridgehead atoms. The van der Waals surface area contributed by atoms with E-state index in [9.17, 15) is 22.0 Å². The molecule has 2 rings (SSSR count). The Hall–Kier alpha value is -1.54. The van der Waals surface area contributed by atoms with Crippen LogP contribution in [0.5, 0.6) is 0 Å². The summed E-state index contributed by atoms with van der Waals surface area (Å²) in [5.74, 6) is -3.70. The molecule has 0 spiro atoms. The first kappa shape index (κ1) is 15.8. The molecule has 5 nitrogen and oxygen atoms in total. The number of alkyl halides is 2. The summed E-state index contributed by atoms with van der Waals surface area (Å²) in [6.45, 7) is 3.75. The zero-order valence-electron chi connectivity index (χ0n) is 11.4. The van der Waals surface area contributed by atoms with Gasteiger partial charge >= 0.3 is 5.76 Å². The Bertz CT molecular complexity index is 617. The molecular formula is C13H16F2N2O3S. The van der Waals surface area contributed by atoms with E-state index in [1.165, 1.54) is 12.1 Å². The second-order valence-electron chi connectivity index (χ2n) is 4.94. The first-order valence-corrected chi connectivity index (χ1v) is 8.02. The standard InChI is InChI=1S/C13H16F2N2O3S/c1-9-8-17(7-6-16-9)12(18)10-2-4-11(5-3-10)21(19,20)13(14)15/h2-5,9,13,16H,6-8H2,1H3. The van der Waals surface area contributed by atoms with Crippen molar-refractivity contribution in [2.75, 3.05) is 19.6 Å². The lowest BCUT2D eigenvalue weighted by Gasteiger charge is -2.32. The zero-order chi connectivity index (χ0) is 15.6. The molecule has 8 heteroatoms. The summed E-state index contributed by atoms with van der Waals surface area (Å²) in [4.78, 5) is 13.4. The van der Waals surface area contributed by atoms with Gasteiger partial charge < -0.3 is 10.2 Å². The van der Waals surface area contributed by atoms with E-state index >= 15 is 0 Å². The normalized spacial score (nSPS) is 19.8. The average Bonchev–Trinajstić information content (AvgIpc) is 2.46. The Morgan fingerprint density at radius 2 is 1.95 bits per heavy atom. The monoisotopic (exact) mass is 318 g/mol. The Morgan fingerprint density at radius 3 is 2.48 bits per heavy atom. The highest BCUT2D eigenvalue weighted by atomic mass is 32.2. The Kier molecular flexibility index (Phi) is 4.58. The highest BCUT2D eigenvalue weighted by Gasteiger charge is 2.27. The van der Waals surface area contributed by atoms with Gasteiger partial charge in [0, 0.05) is 31.2 Å². The summed E-state index contributed by atoms with van der Waals surface area (Å²) in [7, 11) is -4.62. The van der Waals surface area contributed by atoms with Gasteiger partial charge in [-0.25, -0.2) is 8.42 Å². The third kappa shape index (κ3) is 3.38. The fourth-order valence-electron chi connectivity index (χ4n) is 2.19. The fraction of sp³-hybridized carbons (Fsp3) is 0.462. The first-order valence-electron chi connectivity index (χ1n) is 6.47. The van der Waals surface area contributed by atoms with Gasteiger partial charge in [0.15, 0.2) is 0 Å². The number of nitrogens with zero attached hydrogens (tertiary/aromatic N) is 1. The molecule has 1 fully saturated rings. The molecule has 0 aromatic heterocycles. The molecule has 1 N–H and O–H groups in total. The Morgan fingerprint density at radius 1 is 1.33 bits per heavy atom. The van der Waals surface area contributed by atoms with Crippen molar-refractivity contribution >= 4 is 15.7 Å². The molecule has 1 amide bonds. The first-order chi connectivity index (χ1) is 9.82. The second-order valence-corrected chi connectivity index (χ2v) is 6.85. The molecule has 116 valence electrons. The van der Waals surface area contributed by atoms with E-state index < -0.39 is 20.5 Å². The van der Waals surface area contributed by atoms with Crippen molar-refractivity contribution in [1.29, 1.82) is 0 Å². The van der Waals surface area contributed by atoms with Crippen molar-refractivity contribution in [3.63, 3.8) is 0 Å². The molecule has 0 radical (unpaired) electrons. The molecule has 0 saturated carbocycles. The van der Waals surface area contributed by atoms with Crippen LogP contribution >= 0.6 is 0 Å². The van der Waals surface area contributed by atoms with Gasteiger partial charge in [0.2, 0.25) is 9.84 Å². The van der Waals surface area contributed by atoms with Crippen LogP contribution in [0.4, 0.5) is 8.78 Å². The average molecular weight is 318 g/mol. The number of nitrogens with one attached hydrogen (secondary N) is 1. The summed E-state index contributed by atoms with van der Waals surface area (Å²) < 4.78 is 47.5. The smallest absolute Gasteiger partial charge is 0.336 e. The minimum absolute atomic E-state index is 0.182. The molecular weight excluding hydrogens is 302 g/mol. The topological polar surface area (TPSA) is 66.5 Å². The number of hydrogen-bond donors (Lipinski definition) is 1. The van der Waals surface area contributed by atoms with Crippen molar-refractivity contribution in [1.82, 2.24) is 10.2 Å². The molecule has 21 heavy (non-hydrogen) atoms. The second kappa shape index (κ2) is 6.07. The van der Waals surface area contributed by atoms with E-state index in [0.29, 0.717) is 19.6 Å². The van der Waals surface area contributed by atoms with Gasteiger partial charge in [-0.3, -0.25) is 4.79 Å². The van der Waals surface area contributed by atoms with Gasteiger partial charge in [-0.2, -0.15) is 8.78 Å². The molecule has 1 aliphatic heterocycles. The van der Waals surface area contributed by atoms with Crippen LogP contribution in [0, 0.1) is 0 Å². The van der Waals surface area contributed by atoms with Gasteiger partial charge in [0.25, 0.3) is 5.91 Å². The summed E-state index contributed by atoms with van der Waals surface area (Å²) >= 11 is 0. The van der Waals surface area contributed by atoms with Crippen molar-refractivity contribution in [3.8, 4) is 0 Å². The van der Waals surface area contributed by atoms with Gasteiger partial charge in [-0.15, -0.1) is 0 Å². The lowest BCUT2D eigenvalue weighted by Crippen LogP contribution is -2.51. The SMILES string of the molecule is CC1CN(C(=O)c2ccc(S(=O)(=O)C(F)F)cc2)CCN1. The number of carbonyl (C=O) groups excluding carboxylic acids is 1. The van der Waals surface area contributed by atoms with Crippen molar-refractivity contribution < 1.29 is 22.0 Å². The van der Waals surface area contributed by atoms with Gasteiger partial charge in [0.1, 0.15) is 0 Å². The third-order valence-electron chi connectivity index (χ3n) is 3.32. The van der Waals surface area contributed by atoms with E-state index in [0.717, 1.165) is 12.1 Å². The minimum atomic E-state index is -4.62. The lowest BCUT2D eigenvalue weighted by atomic mass is 10.1. The fourth-order valence-corrected chi connectivity index (χ4v) is 2.91. The number of sulfone groups is 1. The molecule has 1 saturated heterocycles. The van der Waals surface area contributed by atoms with Gasteiger partial charge in [-0.05, 0) is 31.2 Å². The van der Waals surface area contributed by atoms with Crippen LogP contribution in [0.15, 0.2) is 29.2 Å². The lowest BCUT2D eigenvalue weighted by molar-refractivity contribution is 0.0709. The van der Waals surface area contributed by atoms with E-state index in [1.54, 1.807) is 4.90 Å². The predicted molar refractivity (Wildman–Crippen MR) is 73.0 cm³/mol. The largest absolute Gasteiger partial charge is 0.341 e. The van der Waals surface area contributed by atoms with Crippen molar-refractivity contribution in [3.05, 3.63) is 29.8 Å². The number of amides is 1. The van der Waals surface area contributed by atoms with Crippen LogP contribution in [-0.2, 0) is 9.84 Å². The molecule has 1 heterocycles. The Balaban J connectivity index is 2.17. The third-order valence-corrected chi connectivity index (χ3v) is 4.72. The van der Waals surface area contributed by atoms with Crippen LogP contribution in [0.1, 0.15) is 17.3 Å². The molecule has 0 aliphatic carbocycles. The zero-order valence-corrected chi connectivity index (χ0v) is 12.2. The summed E-state index contributed by atoms with van der Waals surface area (Å²) in [5, 5.41) is 3.20. The van der Waals surface area contributed by atoms with Crippen LogP contribution in [0.25, 0.3) is 0 Å². The van der Waals surface area contributed by atoms with Crippen molar-refractivity contribution in [2.24, 2.45) is 0 Å². The van der Waals surface area contributed by atoms with E-state index in [4.69, 9.17) is 0 Å². The number of piperazine rings is 1. The van der Waals surface area contributed by atoms with Gasteiger partial charge in [0.05, 0.1) is 4.90 Å². The predicted octanol–water partition coefficient (Wildman–Crippen LogP) is 1.12. The molecule has 1 atom stereocenters. The van der Waals surface area contributed by atoms with E-state index in [-0.39, 0.29) is 17.5 Å². The summed E-state index contributed by atoms with van der Waals surface area (Å²) in [6, 6.07) is 4.80. The quantitative estimate of drug-likeness (QED) is 0.907. The van der Waals surface area contributed by atoms with Crippen LogP contribution in [0.3, 0.4) is 0 Å². The highest BCUT2D eigenvalue weighted by Crippen LogP contribution is 2.19. The van der Waals surface area contributed by atoms with Crippen LogP contribution in [0.2, 0.25) is 0 Å². The maximum atomic E-state index is 12.4. The Labute approximate surface area is 121 Å². The maximum absolute atomic E-state index is 12.4. The number of rotatable bonds is 3.